The van der Waals surface area contributed by atoms with Crippen molar-refractivity contribution < 1.29 is 4.39 Å². The van der Waals surface area contributed by atoms with Crippen LogP contribution in [0.2, 0.25) is 0 Å². The zero-order chi connectivity index (χ0) is 14.3. The zero-order valence-electron chi connectivity index (χ0n) is 11.2. The van der Waals surface area contributed by atoms with Crippen LogP contribution in [-0.4, -0.2) is 15.0 Å². The number of nitrogens with zero attached hydrogens (tertiary/aromatic N) is 3. The smallest absolute Gasteiger partial charge is 0.186 e. The van der Waals surface area contributed by atoms with Gasteiger partial charge in [-0.05, 0) is 26.0 Å². The zero-order valence-corrected chi connectivity index (χ0v) is 11.2. The molecule has 2 heterocycles. The molecule has 0 aliphatic heterocycles. The van der Waals surface area contributed by atoms with Crippen LogP contribution in [0.25, 0.3) is 22.3 Å². The number of benzene rings is 1. The summed E-state index contributed by atoms with van der Waals surface area (Å²) in [5.41, 5.74) is 8.35. The average molecular weight is 268 g/mol. The Bertz CT molecular complexity index is 791. The fourth-order valence-electron chi connectivity index (χ4n) is 2.19. The Kier molecular flexibility index (Phi) is 2.82. The number of nitrogen functional groups attached to an aromatic ring is 1. The summed E-state index contributed by atoms with van der Waals surface area (Å²) in [6, 6.07) is 9.58. The molecule has 0 saturated heterocycles. The van der Waals surface area contributed by atoms with Gasteiger partial charge < -0.3 is 5.73 Å². The molecule has 0 bridgehead atoms. The number of hydrogen-bond donors (Lipinski definition) is 1. The van der Waals surface area contributed by atoms with Crippen LogP contribution in [0.15, 0.2) is 30.3 Å². The maximum absolute atomic E-state index is 13.6. The summed E-state index contributed by atoms with van der Waals surface area (Å²) in [6.45, 7) is 3.47. The van der Waals surface area contributed by atoms with Crippen LogP contribution >= 0.6 is 0 Å². The number of hydrogen-bond acceptors (Lipinski definition) is 4. The van der Waals surface area contributed by atoms with E-state index in [0.717, 1.165) is 22.2 Å². The molecule has 0 atom stereocenters. The van der Waals surface area contributed by atoms with E-state index in [9.17, 15) is 4.39 Å². The van der Waals surface area contributed by atoms with Crippen molar-refractivity contribution in [2.45, 2.75) is 13.8 Å². The van der Waals surface area contributed by atoms with Crippen molar-refractivity contribution in [2.24, 2.45) is 0 Å². The van der Waals surface area contributed by atoms with E-state index in [0.29, 0.717) is 5.82 Å². The highest BCUT2D eigenvalue weighted by atomic mass is 19.1. The SMILES string of the molecule is Cc1cc(-c2nc(C)c(F)c(N)n2)c2ccccc2n1. The molecule has 0 aliphatic carbocycles. The van der Waals surface area contributed by atoms with Gasteiger partial charge in [0.25, 0.3) is 0 Å². The molecule has 3 aromatic rings. The molecule has 0 saturated carbocycles. The third kappa shape index (κ3) is 1.97. The van der Waals surface area contributed by atoms with Gasteiger partial charge in [0.2, 0.25) is 0 Å². The summed E-state index contributed by atoms with van der Waals surface area (Å²) in [4.78, 5) is 12.7. The number of nitrogens with two attached hydrogens (primary N) is 1. The van der Waals surface area contributed by atoms with Crippen molar-refractivity contribution in [1.82, 2.24) is 15.0 Å². The summed E-state index contributed by atoms with van der Waals surface area (Å²) in [6.07, 6.45) is 0. The Morgan fingerprint density at radius 2 is 1.80 bits per heavy atom. The average Bonchev–Trinajstić information content (AvgIpc) is 2.43. The largest absolute Gasteiger partial charge is 0.381 e. The van der Waals surface area contributed by atoms with Crippen molar-refractivity contribution in [1.29, 1.82) is 0 Å². The molecule has 0 radical (unpaired) electrons. The minimum absolute atomic E-state index is 0.133. The molecule has 0 aliphatic rings. The Balaban J connectivity index is 2.34. The first kappa shape index (κ1) is 12.5. The molecule has 5 heteroatoms. The van der Waals surface area contributed by atoms with Crippen LogP contribution in [0.1, 0.15) is 11.4 Å². The van der Waals surface area contributed by atoms with Crippen molar-refractivity contribution in [3.05, 3.63) is 47.5 Å². The quantitative estimate of drug-likeness (QED) is 0.736. The molecule has 20 heavy (non-hydrogen) atoms. The summed E-state index contributed by atoms with van der Waals surface area (Å²) < 4.78 is 13.6. The Labute approximate surface area is 115 Å². The predicted molar refractivity (Wildman–Crippen MR) is 76.6 cm³/mol. The Morgan fingerprint density at radius 1 is 1.05 bits per heavy atom. The molecule has 0 amide bonds. The number of aromatic nitrogens is 3. The lowest BCUT2D eigenvalue weighted by Gasteiger charge is -2.09. The van der Waals surface area contributed by atoms with Gasteiger partial charge in [-0.15, -0.1) is 0 Å². The van der Waals surface area contributed by atoms with Gasteiger partial charge in [0.1, 0.15) is 0 Å². The standard InChI is InChI=1S/C15H13FN4/c1-8-7-11(10-5-3-4-6-12(10)18-8)15-19-9(2)13(16)14(17)20-15/h3-7H,1-2H3,(H2,17,19,20). The van der Waals surface area contributed by atoms with Gasteiger partial charge in [0.05, 0.1) is 11.2 Å². The van der Waals surface area contributed by atoms with E-state index < -0.39 is 5.82 Å². The number of aryl methyl sites for hydroxylation is 2. The van der Waals surface area contributed by atoms with Crippen LogP contribution in [0.3, 0.4) is 0 Å². The maximum Gasteiger partial charge on any atom is 0.186 e. The van der Waals surface area contributed by atoms with E-state index in [2.05, 4.69) is 15.0 Å². The van der Waals surface area contributed by atoms with Crippen molar-refractivity contribution in [3.8, 4) is 11.4 Å². The topological polar surface area (TPSA) is 64.7 Å². The molecule has 4 nitrogen and oxygen atoms in total. The van der Waals surface area contributed by atoms with Gasteiger partial charge in [0.15, 0.2) is 17.5 Å². The fourth-order valence-corrected chi connectivity index (χ4v) is 2.19. The minimum atomic E-state index is -0.566. The molecule has 0 spiro atoms. The van der Waals surface area contributed by atoms with Crippen molar-refractivity contribution >= 4 is 16.7 Å². The minimum Gasteiger partial charge on any atom is -0.381 e. The third-order valence-electron chi connectivity index (χ3n) is 3.13. The molecule has 0 unspecified atom stereocenters. The van der Waals surface area contributed by atoms with Crippen LogP contribution < -0.4 is 5.73 Å². The maximum atomic E-state index is 13.6. The second kappa shape index (κ2) is 4.52. The number of pyridine rings is 1. The normalized spacial score (nSPS) is 10.9. The van der Waals surface area contributed by atoms with Crippen molar-refractivity contribution in [2.75, 3.05) is 5.73 Å². The van der Waals surface area contributed by atoms with E-state index in [1.165, 1.54) is 0 Å². The number of anilines is 1. The van der Waals surface area contributed by atoms with Gasteiger partial charge in [0, 0.05) is 16.6 Å². The highest BCUT2D eigenvalue weighted by Crippen LogP contribution is 2.27. The first-order chi connectivity index (χ1) is 9.56. The highest BCUT2D eigenvalue weighted by molar-refractivity contribution is 5.93. The lowest BCUT2D eigenvalue weighted by molar-refractivity contribution is 0.608. The molecule has 100 valence electrons. The van der Waals surface area contributed by atoms with Gasteiger partial charge in [-0.2, -0.15) is 0 Å². The van der Waals surface area contributed by atoms with Gasteiger partial charge >= 0.3 is 0 Å². The Morgan fingerprint density at radius 3 is 2.55 bits per heavy atom. The van der Waals surface area contributed by atoms with Crippen LogP contribution in [0.5, 0.6) is 0 Å². The van der Waals surface area contributed by atoms with E-state index in [1.807, 2.05) is 37.3 Å². The van der Waals surface area contributed by atoms with E-state index in [-0.39, 0.29) is 11.5 Å². The summed E-state index contributed by atoms with van der Waals surface area (Å²) in [5.74, 6) is -0.280. The number of halogens is 1. The van der Waals surface area contributed by atoms with Gasteiger partial charge in [-0.1, -0.05) is 18.2 Å². The van der Waals surface area contributed by atoms with Crippen LogP contribution in [0, 0.1) is 19.7 Å². The lowest BCUT2D eigenvalue weighted by atomic mass is 10.1. The molecule has 2 N–H and O–H groups in total. The third-order valence-corrected chi connectivity index (χ3v) is 3.13. The fraction of sp³-hybridized carbons (Fsp3) is 0.133. The second-order valence-corrected chi connectivity index (χ2v) is 4.66. The number of fused-ring (bicyclic) bond motifs is 1. The molecular weight excluding hydrogens is 255 g/mol. The van der Waals surface area contributed by atoms with E-state index in [1.54, 1.807) is 6.92 Å². The number of rotatable bonds is 1. The predicted octanol–water partition coefficient (Wildman–Crippen LogP) is 3.03. The summed E-state index contributed by atoms with van der Waals surface area (Å²) in [5, 5.41) is 0.920. The van der Waals surface area contributed by atoms with E-state index in [4.69, 9.17) is 5.73 Å². The molecular formula is C15H13FN4. The monoisotopic (exact) mass is 268 g/mol. The van der Waals surface area contributed by atoms with Gasteiger partial charge in [-0.3, -0.25) is 4.98 Å². The molecule has 1 aromatic carbocycles. The number of para-hydroxylation sites is 1. The highest BCUT2D eigenvalue weighted by Gasteiger charge is 2.13. The van der Waals surface area contributed by atoms with Gasteiger partial charge in [-0.25, -0.2) is 14.4 Å². The molecule has 3 rings (SSSR count). The first-order valence-electron chi connectivity index (χ1n) is 6.22. The Hall–Kier alpha value is -2.56. The summed E-state index contributed by atoms with van der Waals surface area (Å²) >= 11 is 0. The first-order valence-corrected chi connectivity index (χ1v) is 6.22. The lowest BCUT2D eigenvalue weighted by Crippen LogP contribution is -2.03. The van der Waals surface area contributed by atoms with E-state index >= 15 is 0 Å². The summed E-state index contributed by atoms with van der Waals surface area (Å²) in [7, 11) is 0. The van der Waals surface area contributed by atoms with Crippen LogP contribution in [-0.2, 0) is 0 Å². The molecule has 2 aromatic heterocycles. The molecule has 0 fully saturated rings. The second-order valence-electron chi connectivity index (χ2n) is 4.66. The van der Waals surface area contributed by atoms with Crippen LogP contribution in [0.4, 0.5) is 10.2 Å². The van der Waals surface area contributed by atoms with Crippen molar-refractivity contribution in [3.63, 3.8) is 0 Å².